The maximum Gasteiger partial charge on any atom is 0.194 e. The van der Waals surface area contributed by atoms with Crippen molar-refractivity contribution in [3.8, 4) is 11.1 Å². The standard InChI is InChI=1S/C15H12O/c1-9-5-3-7-11-13(9)14-10(2)6-4-8-12(14)15(11)16/h3-8H,1-2H3. The van der Waals surface area contributed by atoms with E-state index in [0.29, 0.717) is 0 Å². The third kappa shape index (κ3) is 1.03. The summed E-state index contributed by atoms with van der Waals surface area (Å²) < 4.78 is 0. The third-order valence-electron chi connectivity index (χ3n) is 3.28. The van der Waals surface area contributed by atoms with E-state index < -0.39 is 0 Å². The molecule has 1 aliphatic rings. The average Bonchev–Trinajstić information content (AvgIpc) is 2.56. The molecule has 0 amide bonds. The molecule has 0 spiro atoms. The van der Waals surface area contributed by atoms with Gasteiger partial charge < -0.3 is 0 Å². The highest BCUT2D eigenvalue weighted by molar-refractivity contribution is 6.22. The number of benzene rings is 2. The fraction of sp³-hybridized carbons (Fsp3) is 0.133. The average molecular weight is 208 g/mol. The minimum atomic E-state index is 0.164. The van der Waals surface area contributed by atoms with E-state index in [1.165, 1.54) is 11.1 Å². The van der Waals surface area contributed by atoms with Crippen LogP contribution in [0.5, 0.6) is 0 Å². The summed E-state index contributed by atoms with van der Waals surface area (Å²) in [7, 11) is 0. The van der Waals surface area contributed by atoms with E-state index in [9.17, 15) is 4.79 Å². The minimum Gasteiger partial charge on any atom is -0.289 e. The second kappa shape index (κ2) is 3.05. The summed E-state index contributed by atoms with van der Waals surface area (Å²) in [4.78, 5) is 12.2. The summed E-state index contributed by atoms with van der Waals surface area (Å²) in [5.41, 5.74) is 6.31. The number of carbonyl (C=O) groups excluding carboxylic acids is 1. The molecule has 0 atom stereocenters. The Morgan fingerprint density at radius 1 is 0.750 bits per heavy atom. The van der Waals surface area contributed by atoms with Gasteiger partial charge >= 0.3 is 0 Å². The Balaban J connectivity index is 2.48. The molecule has 0 fully saturated rings. The van der Waals surface area contributed by atoms with Crippen molar-refractivity contribution in [1.29, 1.82) is 0 Å². The van der Waals surface area contributed by atoms with E-state index in [1.807, 2.05) is 24.3 Å². The molecule has 2 aromatic rings. The predicted molar refractivity (Wildman–Crippen MR) is 64.8 cm³/mol. The molecule has 78 valence electrons. The van der Waals surface area contributed by atoms with Gasteiger partial charge in [0.1, 0.15) is 0 Å². The molecule has 0 heterocycles. The molecule has 0 radical (unpaired) electrons. The Labute approximate surface area is 94.7 Å². The van der Waals surface area contributed by atoms with Crippen LogP contribution in [-0.2, 0) is 0 Å². The van der Waals surface area contributed by atoms with Crippen LogP contribution in [0.4, 0.5) is 0 Å². The second-order valence-corrected chi connectivity index (χ2v) is 4.32. The molecule has 0 saturated carbocycles. The largest absolute Gasteiger partial charge is 0.289 e. The lowest BCUT2D eigenvalue weighted by atomic mass is 9.97. The van der Waals surface area contributed by atoms with Gasteiger partial charge in [-0.1, -0.05) is 36.4 Å². The lowest BCUT2D eigenvalue weighted by Gasteiger charge is -2.06. The van der Waals surface area contributed by atoms with E-state index in [0.717, 1.165) is 22.3 Å². The number of ketones is 1. The summed E-state index contributed by atoms with van der Waals surface area (Å²) in [6, 6.07) is 11.9. The smallest absolute Gasteiger partial charge is 0.194 e. The van der Waals surface area contributed by atoms with E-state index in [1.54, 1.807) is 0 Å². The normalized spacial score (nSPS) is 12.5. The molecule has 1 aliphatic carbocycles. The Kier molecular flexibility index (Phi) is 1.78. The van der Waals surface area contributed by atoms with E-state index in [-0.39, 0.29) is 5.78 Å². The highest BCUT2D eigenvalue weighted by Gasteiger charge is 2.28. The van der Waals surface area contributed by atoms with Crippen LogP contribution in [0.25, 0.3) is 11.1 Å². The monoisotopic (exact) mass is 208 g/mol. The van der Waals surface area contributed by atoms with Gasteiger partial charge in [-0.3, -0.25) is 4.79 Å². The van der Waals surface area contributed by atoms with Crippen molar-refractivity contribution in [3.05, 3.63) is 58.7 Å². The van der Waals surface area contributed by atoms with Crippen molar-refractivity contribution in [2.24, 2.45) is 0 Å². The van der Waals surface area contributed by atoms with E-state index in [2.05, 4.69) is 26.0 Å². The Hall–Kier alpha value is -1.89. The summed E-state index contributed by atoms with van der Waals surface area (Å²) in [5.74, 6) is 0.164. The molecule has 1 nitrogen and oxygen atoms in total. The third-order valence-corrected chi connectivity index (χ3v) is 3.28. The van der Waals surface area contributed by atoms with Gasteiger partial charge in [0, 0.05) is 11.1 Å². The molecule has 3 rings (SSSR count). The molecule has 0 bridgehead atoms. The first-order chi connectivity index (χ1) is 7.70. The van der Waals surface area contributed by atoms with Crippen molar-refractivity contribution in [2.45, 2.75) is 13.8 Å². The highest BCUT2D eigenvalue weighted by atomic mass is 16.1. The van der Waals surface area contributed by atoms with Gasteiger partial charge in [0.2, 0.25) is 0 Å². The minimum absolute atomic E-state index is 0.164. The number of fused-ring (bicyclic) bond motifs is 3. The quantitative estimate of drug-likeness (QED) is 0.552. The number of aryl methyl sites for hydroxylation is 2. The first kappa shape index (κ1) is 9.34. The Morgan fingerprint density at radius 2 is 1.19 bits per heavy atom. The van der Waals surface area contributed by atoms with Crippen LogP contribution < -0.4 is 0 Å². The van der Waals surface area contributed by atoms with Crippen LogP contribution in [0.1, 0.15) is 27.0 Å². The maximum atomic E-state index is 12.2. The lowest BCUT2D eigenvalue weighted by Crippen LogP contribution is -1.94. The fourth-order valence-electron chi connectivity index (χ4n) is 2.52. The van der Waals surface area contributed by atoms with Gasteiger partial charge in [0.05, 0.1) is 0 Å². The van der Waals surface area contributed by atoms with Crippen LogP contribution in [0, 0.1) is 13.8 Å². The van der Waals surface area contributed by atoms with Crippen LogP contribution in [0.15, 0.2) is 36.4 Å². The highest BCUT2D eigenvalue weighted by Crippen LogP contribution is 2.40. The second-order valence-electron chi connectivity index (χ2n) is 4.32. The van der Waals surface area contributed by atoms with Crippen molar-refractivity contribution >= 4 is 5.78 Å². The van der Waals surface area contributed by atoms with Crippen LogP contribution in [-0.4, -0.2) is 5.78 Å². The maximum absolute atomic E-state index is 12.2. The summed E-state index contributed by atoms with van der Waals surface area (Å²) in [5, 5.41) is 0. The van der Waals surface area contributed by atoms with Crippen LogP contribution in [0.2, 0.25) is 0 Å². The summed E-state index contributed by atoms with van der Waals surface area (Å²) >= 11 is 0. The fourth-order valence-corrected chi connectivity index (χ4v) is 2.52. The molecule has 0 unspecified atom stereocenters. The zero-order chi connectivity index (χ0) is 11.3. The first-order valence-electron chi connectivity index (χ1n) is 5.44. The molecule has 16 heavy (non-hydrogen) atoms. The molecule has 0 N–H and O–H groups in total. The van der Waals surface area contributed by atoms with Crippen molar-refractivity contribution < 1.29 is 4.79 Å². The lowest BCUT2D eigenvalue weighted by molar-refractivity contribution is 0.104. The van der Waals surface area contributed by atoms with Crippen LogP contribution in [0.3, 0.4) is 0 Å². The number of carbonyl (C=O) groups is 1. The Bertz CT molecular complexity index is 555. The van der Waals surface area contributed by atoms with E-state index >= 15 is 0 Å². The number of rotatable bonds is 0. The molecule has 0 saturated heterocycles. The molecule has 1 heteroatoms. The SMILES string of the molecule is Cc1cccc2c1-c1c(C)cccc1C2=O. The zero-order valence-corrected chi connectivity index (χ0v) is 9.37. The topological polar surface area (TPSA) is 17.1 Å². The molecule has 0 aromatic heterocycles. The van der Waals surface area contributed by atoms with Crippen molar-refractivity contribution in [1.82, 2.24) is 0 Å². The summed E-state index contributed by atoms with van der Waals surface area (Å²) in [6.07, 6.45) is 0. The first-order valence-corrected chi connectivity index (χ1v) is 5.44. The van der Waals surface area contributed by atoms with Crippen molar-refractivity contribution in [2.75, 3.05) is 0 Å². The summed E-state index contributed by atoms with van der Waals surface area (Å²) in [6.45, 7) is 4.13. The van der Waals surface area contributed by atoms with Gasteiger partial charge in [0.15, 0.2) is 5.78 Å². The zero-order valence-electron chi connectivity index (χ0n) is 9.37. The Morgan fingerprint density at radius 3 is 1.62 bits per heavy atom. The van der Waals surface area contributed by atoms with Gasteiger partial charge in [-0.15, -0.1) is 0 Å². The van der Waals surface area contributed by atoms with Gasteiger partial charge in [-0.05, 0) is 36.1 Å². The predicted octanol–water partition coefficient (Wildman–Crippen LogP) is 3.51. The molecular weight excluding hydrogens is 196 g/mol. The van der Waals surface area contributed by atoms with Gasteiger partial charge in [-0.2, -0.15) is 0 Å². The molecular formula is C15H12O. The molecule has 2 aromatic carbocycles. The van der Waals surface area contributed by atoms with Gasteiger partial charge in [-0.25, -0.2) is 0 Å². The van der Waals surface area contributed by atoms with Crippen molar-refractivity contribution in [3.63, 3.8) is 0 Å². The van der Waals surface area contributed by atoms with Gasteiger partial charge in [0.25, 0.3) is 0 Å². The molecule has 0 aliphatic heterocycles. The van der Waals surface area contributed by atoms with Crippen LogP contribution >= 0.6 is 0 Å². The number of hydrogen-bond acceptors (Lipinski definition) is 1. The van der Waals surface area contributed by atoms with E-state index in [4.69, 9.17) is 0 Å². The number of hydrogen-bond donors (Lipinski definition) is 0.